The van der Waals surface area contributed by atoms with Gasteiger partial charge in [-0.05, 0) is 33.2 Å². The van der Waals surface area contributed by atoms with E-state index in [1.807, 2.05) is 20.8 Å². The standard InChI is InChI=1S/C12H25N3O3S/c1-5-13-12(2,3)11(16)14-10-6-8-15(9-7-10)19(4,17)18/h10,13H,5-9H2,1-4H3,(H,14,16). The van der Waals surface area contributed by atoms with Crippen molar-refractivity contribution >= 4 is 15.9 Å². The first kappa shape index (κ1) is 16.4. The molecular formula is C12H25N3O3S. The molecule has 0 radical (unpaired) electrons. The minimum Gasteiger partial charge on any atom is -0.352 e. The van der Waals surface area contributed by atoms with Gasteiger partial charge in [0.25, 0.3) is 0 Å². The highest BCUT2D eigenvalue weighted by atomic mass is 32.2. The number of amides is 1. The van der Waals surface area contributed by atoms with E-state index in [2.05, 4.69) is 10.6 Å². The molecule has 1 aliphatic rings. The fourth-order valence-corrected chi connectivity index (χ4v) is 3.09. The SMILES string of the molecule is CCNC(C)(C)C(=O)NC1CCN(S(C)(=O)=O)CC1. The van der Waals surface area contributed by atoms with Crippen LogP contribution in [0.1, 0.15) is 33.6 Å². The quantitative estimate of drug-likeness (QED) is 0.742. The molecule has 1 amide bonds. The number of carbonyl (C=O) groups is 1. The highest BCUT2D eigenvalue weighted by Crippen LogP contribution is 2.14. The lowest BCUT2D eigenvalue weighted by molar-refractivity contribution is -0.127. The van der Waals surface area contributed by atoms with Gasteiger partial charge in [-0.1, -0.05) is 6.92 Å². The number of nitrogens with zero attached hydrogens (tertiary/aromatic N) is 1. The van der Waals surface area contributed by atoms with Crippen molar-refractivity contribution in [3.63, 3.8) is 0 Å². The molecule has 1 aliphatic heterocycles. The summed E-state index contributed by atoms with van der Waals surface area (Å²) in [6.45, 7) is 7.33. The molecule has 0 aromatic heterocycles. The van der Waals surface area contributed by atoms with Gasteiger partial charge in [-0.15, -0.1) is 0 Å². The molecule has 0 aromatic rings. The van der Waals surface area contributed by atoms with Crippen LogP contribution in [0.15, 0.2) is 0 Å². The van der Waals surface area contributed by atoms with E-state index < -0.39 is 15.6 Å². The van der Waals surface area contributed by atoms with Gasteiger partial charge in [0.15, 0.2) is 0 Å². The highest BCUT2D eigenvalue weighted by Gasteiger charge is 2.30. The molecule has 1 saturated heterocycles. The van der Waals surface area contributed by atoms with Crippen molar-refractivity contribution in [2.45, 2.75) is 45.2 Å². The Balaban J connectivity index is 2.47. The molecule has 0 saturated carbocycles. The molecule has 0 unspecified atom stereocenters. The Morgan fingerprint density at radius 2 is 1.84 bits per heavy atom. The molecule has 0 atom stereocenters. The Morgan fingerprint density at radius 3 is 2.26 bits per heavy atom. The van der Waals surface area contributed by atoms with Crippen molar-refractivity contribution in [2.24, 2.45) is 0 Å². The summed E-state index contributed by atoms with van der Waals surface area (Å²) in [4.78, 5) is 12.1. The fraction of sp³-hybridized carbons (Fsp3) is 0.917. The zero-order valence-electron chi connectivity index (χ0n) is 12.2. The van der Waals surface area contributed by atoms with Crippen LogP contribution < -0.4 is 10.6 Å². The summed E-state index contributed by atoms with van der Waals surface area (Å²) in [5.74, 6) is -0.0350. The van der Waals surface area contributed by atoms with Crippen LogP contribution in [0.2, 0.25) is 0 Å². The van der Waals surface area contributed by atoms with E-state index in [0.29, 0.717) is 25.9 Å². The number of hydrogen-bond donors (Lipinski definition) is 2. The first-order valence-electron chi connectivity index (χ1n) is 6.68. The van der Waals surface area contributed by atoms with Gasteiger partial charge in [0.2, 0.25) is 15.9 Å². The summed E-state index contributed by atoms with van der Waals surface area (Å²) in [7, 11) is -3.11. The number of piperidine rings is 1. The Labute approximate surface area is 116 Å². The van der Waals surface area contributed by atoms with Gasteiger partial charge >= 0.3 is 0 Å². The van der Waals surface area contributed by atoms with Crippen LogP contribution in [0.3, 0.4) is 0 Å². The molecule has 6 nitrogen and oxygen atoms in total. The third-order valence-corrected chi connectivity index (χ3v) is 4.75. The number of rotatable bonds is 5. The Bertz CT molecular complexity index is 412. The van der Waals surface area contributed by atoms with Crippen LogP contribution >= 0.6 is 0 Å². The van der Waals surface area contributed by atoms with Crippen molar-refractivity contribution in [2.75, 3.05) is 25.9 Å². The van der Waals surface area contributed by atoms with Crippen molar-refractivity contribution in [3.05, 3.63) is 0 Å². The molecule has 7 heteroatoms. The van der Waals surface area contributed by atoms with E-state index in [1.54, 1.807) is 0 Å². The van der Waals surface area contributed by atoms with Crippen molar-refractivity contribution in [1.29, 1.82) is 0 Å². The van der Waals surface area contributed by atoms with Crippen LogP contribution in [0, 0.1) is 0 Å². The first-order chi connectivity index (χ1) is 8.66. The van der Waals surface area contributed by atoms with Gasteiger partial charge in [0.1, 0.15) is 0 Å². The highest BCUT2D eigenvalue weighted by molar-refractivity contribution is 7.88. The number of sulfonamides is 1. The van der Waals surface area contributed by atoms with Crippen molar-refractivity contribution in [3.8, 4) is 0 Å². The predicted molar refractivity (Wildman–Crippen MR) is 75.3 cm³/mol. The maximum atomic E-state index is 12.1. The van der Waals surface area contributed by atoms with Gasteiger partial charge in [0.05, 0.1) is 11.8 Å². The van der Waals surface area contributed by atoms with Crippen LogP contribution in [-0.4, -0.2) is 56.1 Å². The van der Waals surface area contributed by atoms with Gasteiger partial charge in [0, 0.05) is 19.1 Å². The Kier molecular flexibility index (Phi) is 5.34. The lowest BCUT2D eigenvalue weighted by Gasteiger charge is -2.33. The maximum absolute atomic E-state index is 12.1. The minimum atomic E-state index is -3.11. The summed E-state index contributed by atoms with van der Waals surface area (Å²) in [5, 5.41) is 6.12. The van der Waals surface area contributed by atoms with Crippen LogP contribution in [0.4, 0.5) is 0 Å². The first-order valence-corrected chi connectivity index (χ1v) is 8.52. The molecular weight excluding hydrogens is 266 g/mol. The van der Waals surface area contributed by atoms with E-state index in [9.17, 15) is 13.2 Å². The van der Waals surface area contributed by atoms with Crippen LogP contribution in [-0.2, 0) is 14.8 Å². The second kappa shape index (κ2) is 6.19. The van der Waals surface area contributed by atoms with E-state index in [-0.39, 0.29) is 11.9 Å². The Morgan fingerprint density at radius 1 is 1.32 bits per heavy atom. The van der Waals surface area contributed by atoms with Gasteiger partial charge < -0.3 is 10.6 Å². The molecule has 1 heterocycles. The topological polar surface area (TPSA) is 78.5 Å². The molecule has 1 fully saturated rings. The van der Waals surface area contributed by atoms with Crippen molar-refractivity contribution < 1.29 is 13.2 Å². The zero-order chi connectivity index (χ0) is 14.7. The molecule has 1 rings (SSSR count). The molecule has 0 aromatic carbocycles. The number of hydrogen-bond acceptors (Lipinski definition) is 4. The molecule has 0 bridgehead atoms. The summed E-state index contributed by atoms with van der Waals surface area (Å²) in [6.07, 6.45) is 2.56. The second-order valence-corrected chi connectivity index (χ2v) is 7.55. The minimum absolute atomic E-state index is 0.0350. The molecule has 0 spiro atoms. The number of carbonyl (C=O) groups excluding carboxylic acids is 1. The van der Waals surface area contributed by atoms with Crippen LogP contribution in [0.25, 0.3) is 0 Å². The monoisotopic (exact) mass is 291 g/mol. The summed E-state index contributed by atoms with van der Waals surface area (Å²) in [6, 6.07) is 0.0587. The van der Waals surface area contributed by atoms with E-state index in [0.717, 1.165) is 6.54 Å². The third kappa shape index (κ3) is 4.74. The smallest absolute Gasteiger partial charge is 0.239 e. The second-order valence-electron chi connectivity index (χ2n) is 5.57. The largest absolute Gasteiger partial charge is 0.352 e. The van der Waals surface area contributed by atoms with E-state index >= 15 is 0 Å². The maximum Gasteiger partial charge on any atom is 0.239 e. The number of nitrogens with one attached hydrogen (secondary N) is 2. The zero-order valence-corrected chi connectivity index (χ0v) is 13.0. The lowest BCUT2D eigenvalue weighted by atomic mass is 10.0. The molecule has 19 heavy (non-hydrogen) atoms. The van der Waals surface area contributed by atoms with Gasteiger partial charge in [-0.2, -0.15) is 0 Å². The average molecular weight is 291 g/mol. The van der Waals surface area contributed by atoms with Gasteiger partial charge in [-0.3, -0.25) is 4.79 Å². The normalized spacial score (nSPS) is 19.4. The molecule has 2 N–H and O–H groups in total. The molecule has 112 valence electrons. The predicted octanol–water partition coefficient (Wildman–Crippen LogP) is -0.0853. The van der Waals surface area contributed by atoms with Crippen LogP contribution in [0.5, 0.6) is 0 Å². The lowest BCUT2D eigenvalue weighted by Crippen LogP contribution is -2.56. The average Bonchev–Trinajstić information content (AvgIpc) is 2.28. The van der Waals surface area contributed by atoms with Crippen molar-refractivity contribution in [1.82, 2.24) is 14.9 Å². The van der Waals surface area contributed by atoms with E-state index in [1.165, 1.54) is 10.6 Å². The summed E-state index contributed by atoms with van der Waals surface area (Å²) < 4.78 is 24.2. The summed E-state index contributed by atoms with van der Waals surface area (Å²) in [5.41, 5.74) is -0.595. The fourth-order valence-electron chi connectivity index (χ4n) is 2.22. The van der Waals surface area contributed by atoms with Gasteiger partial charge in [-0.25, -0.2) is 12.7 Å². The Hall–Kier alpha value is -0.660. The summed E-state index contributed by atoms with van der Waals surface area (Å²) >= 11 is 0. The third-order valence-electron chi connectivity index (χ3n) is 3.44. The number of likely N-dealkylation sites (N-methyl/N-ethyl adjacent to an activating group) is 1. The van der Waals surface area contributed by atoms with E-state index in [4.69, 9.17) is 0 Å². The molecule has 0 aliphatic carbocycles.